The molecule has 0 unspecified atom stereocenters. The lowest BCUT2D eigenvalue weighted by molar-refractivity contribution is -0.153. The maximum absolute atomic E-state index is 14.0. The van der Waals surface area contributed by atoms with Gasteiger partial charge in [0.15, 0.2) is 11.4 Å². The van der Waals surface area contributed by atoms with E-state index in [1.165, 1.54) is 4.90 Å². The van der Waals surface area contributed by atoms with Gasteiger partial charge in [-0.2, -0.15) is 0 Å². The lowest BCUT2D eigenvalue weighted by Gasteiger charge is -2.50. The van der Waals surface area contributed by atoms with Gasteiger partial charge in [0.05, 0.1) is 17.3 Å². The normalized spacial score (nSPS) is 26.8. The Morgan fingerprint density at radius 1 is 1.15 bits per heavy atom. The number of nitrogens with one attached hydrogen (secondary N) is 1. The van der Waals surface area contributed by atoms with Crippen LogP contribution in [-0.2, 0) is 20.8 Å². The standard InChI is InChI=1S/C28H38N4O7/c1-27(2,3)11-30-15-10-16(31(4)5)13-8-12-9-14-20(32(6)7)23(35)19(26(29)38)25(37)28(14,39)24(36)17(12)22(34)18(13)21(15)33/h10,12,14,20,30,33-34,37,39H,8-9,11H2,1-7H3,(H2,29,38)/t12-,14-,20-,28-/m0/s1. The van der Waals surface area contributed by atoms with Crippen LogP contribution >= 0.6 is 0 Å². The first-order chi connectivity index (χ1) is 17.9. The van der Waals surface area contributed by atoms with Crippen molar-refractivity contribution < 1.29 is 34.8 Å². The van der Waals surface area contributed by atoms with E-state index in [1.54, 1.807) is 20.2 Å². The summed E-state index contributed by atoms with van der Waals surface area (Å²) in [6.07, 6.45) is 0.276. The number of aliphatic hydroxyl groups is 3. The molecule has 39 heavy (non-hydrogen) atoms. The number of carbonyl (C=O) groups excluding carboxylic acids is 3. The minimum Gasteiger partial charge on any atom is -0.508 e. The number of rotatable bonds is 5. The summed E-state index contributed by atoms with van der Waals surface area (Å²) in [5.41, 5.74) is 3.37. The Bertz CT molecular complexity index is 1340. The number of primary amides is 1. The molecule has 212 valence electrons. The molecule has 3 aliphatic rings. The highest BCUT2D eigenvalue weighted by Gasteiger charge is 2.64. The van der Waals surface area contributed by atoms with Crippen LogP contribution in [-0.4, -0.2) is 89.2 Å². The smallest absolute Gasteiger partial charge is 0.255 e. The van der Waals surface area contributed by atoms with Crippen molar-refractivity contribution >= 4 is 34.6 Å². The molecular weight excluding hydrogens is 504 g/mol. The molecule has 0 bridgehead atoms. The predicted molar refractivity (Wildman–Crippen MR) is 147 cm³/mol. The Labute approximate surface area is 227 Å². The third-order valence-electron chi connectivity index (χ3n) is 7.99. The zero-order valence-electron chi connectivity index (χ0n) is 23.4. The van der Waals surface area contributed by atoms with Crippen molar-refractivity contribution in [2.75, 3.05) is 45.0 Å². The Morgan fingerprint density at radius 2 is 1.77 bits per heavy atom. The van der Waals surface area contributed by atoms with Crippen molar-refractivity contribution in [3.63, 3.8) is 0 Å². The molecule has 11 nitrogen and oxygen atoms in total. The molecular formula is C28H38N4O7. The zero-order valence-corrected chi connectivity index (χ0v) is 23.4. The van der Waals surface area contributed by atoms with Crippen LogP contribution in [0.5, 0.6) is 5.75 Å². The van der Waals surface area contributed by atoms with E-state index in [2.05, 4.69) is 5.32 Å². The van der Waals surface area contributed by atoms with Gasteiger partial charge in [0.1, 0.15) is 22.8 Å². The third-order valence-corrected chi connectivity index (χ3v) is 7.99. The number of amides is 1. The highest BCUT2D eigenvalue weighted by Crippen LogP contribution is 2.54. The molecule has 1 amide bonds. The molecule has 0 spiro atoms. The number of likely N-dealkylation sites (N-methyl/N-ethyl adjacent to an activating group) is 1. The molecule has 1 aromatic carbocycles. The van der Waals surface area contributed by atoms with Gasteiger partial charge in [0.2, 0.25) is 5.78 Å². The quantitative estimate of drug-likeness (QED) is 0.236. The average Bonchev–Trinajstić information content (AvgIpc) is 2.79. The fourth-order valence-corrected chi connectivity index (χ4v) is 6.19. The Kier molecular flexibility index (Phi) is 6.76. The summed E-state index contributed by atoms with van der Waals surface area (Å²) >= 11 is 0. The number of fused-ring (bicyclic) bond motifs is 3. The van der Waals surface area contributed by atoms with E-state index in [4.69, 9.17) is 5.73 Å². The van der Waals surface area contributed by atoms with Gasteiger partial charge in [-0.15, -0.1) is 0 Å². The Morgan fingerprint density at radius 3 is 2.28 bits per heavy atom. The second-order valence-corrected chi connectivity index (χ2v) is 12.4. The number of hydrogen-bond acceptors (Lipinski definition) is 10. The zero-order chi connectivity index (χ0) is 29.4. The summed E-state index contributed by atoms with van der Waals surface area (Å²) in [6, 6.07) is 0.674. The number of benzene rings is 1. The number of Topliss-reactive ketones (excluding diaryl/α,β-unsaturated/α-hetero) is 2. The summed E-state index contributed by atoms with van der Waals surface area (Å²) < 4.78 is 0. The molecule has 0 aromatic heterocycles. The highest BCUT2D eigenvalue weighted by atomic mass is 16.3. The number of hydrogen-bond donors (Lipinski definition) is 6. The molecule has 4 rings (SSSR count). The second kappa shape index (κ2) is 9.27. The van der Waals surface area contributed by atoms with Gasteiger partial charge in [-0.05, 0) is 49.9 Å². The number of aromatic hydroxyl groups is 1. The van der Waals surface area contributed by atoms with E-state index in [-0.39, 0.29) is 35.1 Å². The van der Waals surface area contributed by atoms with Gasteiger partial charge in [-0.1, -0.05) is 20.8 Å². The van der Waals surface area contributed by atoms with Crippen LogP contribution in [0.2, 0.25) is 0 Å². The molecule has 3 aliphatic carbocycles. The number of nitrogens with two attached hydrogens (primary N) is 1. The molecule has 0 aliphatic heterocycles. The van der Waals surface area contributed by atoms with E-state index in [0.717, 1.165) is 5.69 Å². The van der Waals surface area contributed by atoms with Crippen LogP contribution < -0.4 is 16.0 Å². The molecule has 1 saturated carbocycles. The average molecular weight is 543 g/mol. The van der Waals surface area contributed by atoms with Crippen molar-refractivity contribution in [2.24, 2.45) is 23.0 Å². The lowest BCUT2D eigenvalue weighted by atomic mass is 9.57. The third kappa shape index (κ3) is 4.24. The van der Waals surface area contributed by atoms with E-state index >= 15 is 0 Å². The van der Waals surface area contributed by atoms with Crippen LogP contribution in [0, 0.1) is 17.3 Å². The van der Waals surface area contributed by atoms with Gasteiger partial charge in [-0.25, -0.2) is 0 Å². The summed E-state index contributed by atoms with van der Waals surface area (Å²) in [7, 11) is 6.80. The van der Waals surface area contributed by atoms with E-state index in [1.807, 2.05) is 39.8 Å². The first kappa shape index (κ1) is 28.4. The van der Waals surface area contributed by atoms with Crippen molar-refractivity contribution in [1.29, 1.82) is 0 Å². The highest BCUT2D eigenvalue weighted by molar-refractivity contribution is 6.24. The number of phenols is 1. The molecule has 0 saturated heterocycles. The SMILES string of the molecule is CN(C)c1cc(NCC(C)(C)C)c(O)c2c1C[C@H]1C[C@H]3[C@H](N(C)C)C(=O)C(C(N)=O)=C(O)[C@@]3(O)C(=O)C1=C2O. The van der Waals surface area contributed by atoms with Crippen LogP contribution in [0.4, 0.5) is 11.4 Å². The van der Waals surface area contributed by atoms with Crippen LogP contribution in [0.15, 0.2) is 23.0 Å². The topological polar surface area (TPSA) is 177 Å². The molecule has 11 heteroatoms. The van der Waals surface area contributed by atoms with Crippen molar-refractivity contribution in [1.82, 2.24) is 4.90 Å². The Balaban J connectivity index is 1.96. The van der Waals surface area contributed by atoms with Crippen molar-refractivity contribution in [3.8, 4) is 5.75 Å². The van der Waals surface area contributed by atoms with E-state index in [0.29, 0.717) is 17.8 Å². The van der Waals surface area contributed by atoms with Crippen molar-refractivity contribution in [2.45, 2.75) is 45.3 Å². The summed E-state index contributed by atoms with van der Waals surface area (Å²) in [5.74, 6) is -6.65. The van der Waals surface area contributed by atoms with Gasteiger partial charge < -0.3 is 36.4 Å². The van der Waals surface area contributed by atoms with Crippen LogP contribution in [0.3, 0.4) is 0 Å². The summed E-state index contributed by atoms with van der Waals surface area (Å²) in [6.45, 7) is 6.60. The van der Waals surface area contributed by atoms with Gasteiger partial charge in [0, 0.05) is 37.8 Å². The molecule has 0 heterocycles. The number of ketones is 2. The largest absolute Gasteiger partial charge is 0.508 e. The van der Waals surface area contributed by atoms with E-state index < -0.39 is 58.0 Å². The van der Waals surface area contributed by atoms with Crippen LogP contribution in [0.1, 0.15) is 38.3 Å². The number of aliphatic hydroxyl groups excluding tert-OH is 2. The number of nitrogens with zero attached hydrogens (tertiary/aromatic N) is 2. The van der Waals surface area contributed by atoms with Gasteiger partial charge >= 0.3 is 0 Å². The minimum absolute atomic E-state index is 0.0451. The molecule has 0 radical (unpaired) electrons. The summed E-state index contributed by atoms with van der Waals surface area (Å²) in [5, 5.41) is 48.8. The van der Waals surface area contributed by atoms with Crippen molar-refractivity contribution in [3.05, 3.63) is 34.1 Å². The number of anilines is 2. The fraction of sp³-hybridized carbons (Fsp3) is 0.536. The molecule has 1 aromatic rings. The lowest BCUT2D eigenvalue weighted by Crippen LogP contribution is -2.65. The number of phenolic OH excluding ortho intramolecular Hbond substituents is 1. The monoisotopic (exact) mass is 542 g/mol. The minimum atomic E-state index is -2.66. The first-order valence-corrected chi connectivity index (χ1v) is 12.9. The first-order valence-electron chi connectivity index (χ1n) is 12.9. The summed E-state index contributed by atoms with van der Waals surface area (Å²) in [4.78, 5) is 42.7. The van der Waals surface area contributed by atoms with Gasteiger partial charge in [0.25, 0.3) is 5.91 Å². The fourth-order valence-electron chi connectivity index (χ4n) is 6.19. The maximum atomic E-state index is 14.0. The number of carbonyl (C=O) groups is 3. The van der Waals surface area contributed by atoms with E-state index in [9.17, 15) is 34.8 Å². The maximum Gasteiger partial charge on any atom is 0.255 e. The predicted octanol–water partition coefficient (Wildman–Crippen LogP) is 1.49. The second-order valence-electron chi connectivity index (χ2n) is 12.4. The molecule has 4 atom stereocenters. The van der Waals surface area contributed by atoms with Crippen LogP contribution in [0.25, 0.3) is 5.76 Å². The Hall–Kier alpha value is -3.57. The van der Waals surface area contributed by atoms with Gasteiger partial charge in [-0.3, -0.25) is 19.3 Å². The molecule has 1 fully saturated rings. The molecule has 7 N–H and O–H groups in total.